The van der Waals surface area contributed by atoms with Crippen molar-refractivity contribution < 1.29 is 4.79 Å². The van der Waals surface area contributed by atoms with Gasteiger partial charge in [-0.1, -0.05) is 36.4 Å². The average molecular weight is 223 g/mol. The molecule has 1 aliphatic heterocycles. The number of benzene rings is 2. The first kappa shape index (κ1) is 9.78. The van der Waals surface area contributed by atoms with Crippen molar-refractivity contribution in [1.29, 1.82) is 0 Å². The van der Waals surface area contributed by atoms with E-state index in [1.54, 1.807) is 6.07 Å². The largest absolute Gasteiger partial charge is 0.615 e. The quantitative estimate of drug-likeness (QED) is 0.526. The van der Waals surface area contributed by atoms with Gasteiger partial charge in [0.2, 0.25) is 5.36 Å². The van der Waals surface area contributed by atoms with Crippen LogP contribution >= 0.6 is 0 Å². The van der Waals surface area contributed by atoms with E-state index in [1.807, 2.05) is 42.5 Å². The normalized spacial score (nSPS) is 13.4. The number of amides is 1. The first-order valence-electron chi connectivity index (χ1n) is 5.32. The van der Waals surface area contributed by atoms with Crippen LogP contribution in [-0.4, -0.2) is 5.91 Å². The topological polar surface area (TPSA) is 43.1 Å². The molecule has 0 atom stereocenters. The van der Waals surface area contributed by atoms with Crippen LogP contribution in [0.3, 0.4) is 0 Å². The molecular formula is C14H9NO2. The Morgan fingerprint density at radius 1 is 0.941 bits per heavy atom. The van der Waals surface area contributed by atoms with Crippen LogP contribution in [0.4, 0.5) is 0 Å². The molecule has 0 fully saturated rings. The van der Waals surface area contributed by atoms with Crippen molar-refractivity contribution in [2.45, 2.75) is 0 Å². The van der Waals surface area contributed by atoms with E-state index in [-0.39, 0.29) is 0 Å². The maximum absolute atomic E-state index is 11.7. The standard InChI is InChI=1S/C14H9NO2/c16-13-9-11-7-4-8-12(14(11)15(13)17)10-5-2-1-3-6-10/h1-9H. The molecule has 3 rings (SSSR count). The summed E-state index contributed by atoms with van der Waals surface area (Å²) in [5, 5.41) is 12.9. The van der Waals surface area contributed by atoms with Crippen LogP contribution in [0.25, 0.3) is 17.2 Å². The van der Waals surface area contributed by atoms with Crippen LogP contribution in [0.1, 0.15) is 0 Å². The SMILES string of the molecule is O=C1C=c2cccc(-c3ccccc3)c2=[N+]1[O-]. The average Bonchev–Trinajstić information content (AvgIpc) is 2.66. The monoisotopic (exact) mass is 223 g/mol. The summed E-state index contributed by atoms with van der Waals surface area (Å²) < 4.78 is 0.456. The van der Waals surface area contributed by atoms with Crippen molar-refractivity contribution in [2.24, 2.45) is 0 Å². The second-order valence-corrected chi connectivity index (χ2v) is 3.89. The lowest BCUT2D eigenvalue weighted by molar-refractivity contribution is -0.115. The minimum Gasteiger partial charge on any atom is -0.615 e. The van der Waals surface area contributed by atoms with Crippen molar-refractivity contribution in [3.63, 3.8) is 0 Å². The smallest absolute Gasteiger partial charge is 0.424 e. The molecule has 0 saturated carbocycles. The summed E-state index contributed by atoms with van der Waals surface area (Å²) >= 11 is 0. The zero-order valence-corrected chi connectivity index (χ0v) is 8.96. The van der Waals surface area contributed by atoms with E-state index in [4.69, 9.17) is 0 Å². The summed E-state index contributed by atoms with van der Waals surface area (Å²) in [6.45, 7) is 0. The predicted octanol–water partition coefficient (Wildman–Crippen LogP) is 0.663. The summed E-state index contributed by atoms with van der Waals surface area (Å²) in [5.41, 5.74) is 1.73. The van der Waals surface area contributed by atoms with E-state index in [1.165, 1.54) is 6.08 Å². The fourth-order valence-corrected chi connectivity index (χ4v) is 2.06. The van der Waals surface area contributed by atoms with E-state index < -0.39 is 5.91 Å². The van der Waals surface area contributed by atoms with Gasteiger partial charge in [-0.15, -0.1) is 4.74 Å². The molecule has 0 radical (unpaired) electrons. The highest BCUT2D eigenvalue weighted by molar-refractivity contribution is 6.07. The summed E-state index contributed by atoms with van der Waals surface area (Å²) in [7, 11) is 0. The molecule has 0 unspecified atom stereocenters. The van der Waals surface area contributed by atoms with Crippen LogP contribution in [0.2, 0.25) is 0 Å². The number of rotatable bonds is 1. The Hall–Kier alpha value is -2.42. The van der Waals surface area contributed by atoms with Crippen LogP contribution < -0.4 is 15.3 Å². The van der Waals surface area contributed by atoms with Crippen molar-refractivity contribution in [2.75, 3.05) is 0 Å². The van der Waals surface area contributed by atoms with Crippen molar-refractivity contribution in [3.05, 3.63) is 64.3 Å². The number of fused-ring (bicyclic) bond motifs is 1. The van der Waals surface area contributed by atoms with Gasteiger partial charge in [0.15, 0.2) is 0 Å². The highest BCUT2D eigenvalue weighted by Gasteiger charge is 2.19. The number of carbonyl (C=O) groups is 1. The van der Waals surface area contributed by atoms with Gasteiger partial charge in [-0.3, -0.25) is 0 Å². The van der Waals surface area contributed by atoms with E-state index in [2.05, 4.69) is 0 Å². The second kappa shape index (κ2) is 3.56. The molecule has 3 nitrogen and oxygen atoms in total. The molecular weight excluding hydrogens is 214 g/mol. The zero-order chi connectivity index (χ0) is 11.8. The zero-order valence-electron chi connectivity index (χ0n) is 8.96. The number of hydrogen-bond acceptors (Lipinski definition) is 2. The molecule has 0 bridgehead atoms. The van der Waals surface area contributed by atoms with Gasteiger partial charge in [0.1, 0.15) is 0 Å². The van der Waals surface area contributed by atoms with Gasteiger partial charge < -0.3 is 5.21 Å². The molecule has 0 aliphatic carbocycles. The van der Waals surface area contributed by atoms with Crippen LogP contribution in [0.15, 0.2) is 48.5 Å². The van der Waals surface area contributed by atoms with Crippen molar-refractivity contribution >= 4 is 12.0 Å². The molecule has 1 aliphatic rings. The third-order valence-electron chi connectivity index (χ3n) is 2.83. The number of hydroxylamine groups is 1. The van der Waals surface area contributed by atoms with Gasteiger partial charge in [0, 0.05) is 0 Å². The molecule has 17 heavy (non-hydrogen) atoms. The fourth-order valence-electron chi connectivity index (χ4n) is 2.06. The van der Waals surface area contributed by atoms with Gasteiger partial charge in [-0.2, -0.15) is 0 Å². The molecule has 1 heterocycles. The van der Waals surface area contributed by atoms with E-state index in [0.29, 0.717) is 15.3 Å². The lowest BCUT2D eigenvalue weighted by Crippen LogP contribution is -2.33. The summed E-state index contributed by atoms with van der Waals surface area (Å²) in [5.74, 6) is -0.511. The van der Waals surface area contributed by atoms with Gasteiger partial charge in [0.05, 0.1) is 16.9 Å². The van der Waals surface area contributed by atoms with Gasteiger partial charge >= 0.3 is 5.91 Å². The highest BCUT2D eigenvalue weighted by Crippen LogP contribution is 2.13. The molecule has 1 amide bonds. The van der Waals surface area contributed by atoms with E-state index in [0.717, 1.165) is 11.1 Å². The Labute approximate surface area is 97.5 Å². The van der Waals surface area contributed by atoms with E-state index in [9.17, 15) is 10.0 Å². The molecule has 82 valence electrons. The number of carbonyl (C=O) groups excluding carboxylic acids is 1. The Balaban J connectivity index is 2.42. The van der Waals surface area contributed by atoms with Crippen molar-refractivity contribution in [3.8, 4) is 11.1 Å². The van der Waals surface area contributed by atoms with Crippen LogP contribution in [0, 0.1) is 5.21 Å². The number of nitrogens with zero attached hydrogens (tertiary/aromatic N) is 1. The summed E-state index contributed by atoms with van der Waals surface area (Å²) in [4.78, 5) is 11.4. The Morgan fingerprint density at radius 3 is 2.47 bits per heavy atom. The number of para-hydroxylation sites is 1. The third-order valence-corrected chi connectivity index (χ3v) is 2.83. The minimum atomic E-state index is -0.511. The van der Waals surface area contributed by atoms with Crippen LogP contribution in [-0.2, 0) is 4.79 Å². The van der Waals surface area contributed by atoms with Crippen LogP contribution in [0.5, 0.6) is 0 Å². The summed E-state index contributed by atoms with van der Waals surface area (Å²) in [6.07, 6.45) is 1.37. The molecule has 0 aromatic heterocycles. The van der Waals surface area contributed by atoms with Gasteiger partial charge in [0.25, 0.3) is 0 Å². The minimum absolute atomic E-state index is 0.448. The predicted molar refractivity (Wildman–Crippen MR) is 65.2 cm³/mol. The van der Waals surface area contributed by atoms with Gasteiger partial charge in [-0.25, -0.2) is 4.79 Å². The van der Waals surface area contributed by atoms with Crippen molar-refractivity contribution in [1.82, 2.24) is 4.74 Å². The maximum Gasteiger partial charge on any atom is 0.424 e. The second-order valence-electron chi connectivity index (χ2n) is 3.89. The maximum atomic E-state index is 11.7. The Kier molecular flexibility index (Phi) is 2.05. The Morgan fingerprint density at radius 2 is 1.71 bits per heavy atom. The molecule has 3 heteroatoms. The molecule has 0 N–H and O–H groups in total. The first-order valence-corrected chi connectivity index (χ1v) is 5.32. The summed E-state index contributed by atoms with van der Waals surface area (Å²) in [6, 6.07) is 15.1. The number of hydrogen-bond donors (Lipinski definition) is 0. The Bertz CT molecular complexity index is 718. The lowest BCUT2D eigenvalue weighted by Gasteiger charge is -2.00. The first-order chi connectivity index (χ1) is 8.27. The lowest BCUT2D eigenvalue weighted by atomic mass is 10.0. The third kappa shape index (κ3) is 1.44. The highest BCUT2D eigenvalue weighted by atomic mass is 16.5. The molecule has 0 saturated heterocycles. The molecule has 2 aromatic rings. The van der Waals surface area contributed by atoms with Gasteiger partial charge in [-0.05, 0) is 17.7 Å². The van der Waals surface area contributed by atoms with E-state index >= 15 is 0 Å². The fraction of sp³-hybridized carbons (Fsp3) is 0. The molecule has 0 spiro atoms. The molecule has 2 aromatic carbocycles.